The number of nitrogens with zero attached hydrogens (tertiary/aromatic N) is 1. The highest BCUT2D eigenvalue weighted by Gasteiger charge is 2.23. The Kier molecular flexibility index (Phi) is 6.09. The van der Waals surface area contributed by atoms with Crippen molar-refractivity contribution in [2.24, 2.45) is 0 Å². The maximum atomic E-state index is 13.7. The van der Waals surface area contributed by atoms with Crippen LogP contribution in [0.4, 0.5) is 9.39 Å². The summed E-state index contributed by atoms with van der Waals surface area (Å²) in [6.45, 7) is 5.73. The highest BCUT2D eigenvalue weighted by atomic mass is 79.9. The molecule has 0 fully saturated rings. The van der Waals surface area contributed by atoms with E-state index in [-0.39, 0.29) is 27.6 Å². The minimum Gasteiger partial charge on any atom is -0.478 e. The Morgan fingerprint density at radius 2 is 2.14 bits per heavy atom. The molecule has 3 rings (SSSR count). The number of allylic oxidation sites excluding steroid dienone is 5. The van der Waals surface area contributed by atoms with Crippen molar-refractivity contribution < 1.29 is 23.5 Å². The van der Waals surface area contributed by atoms with Crippen molar-refractivity contribution in [3.63, 3.8) is 0 Å². The molecule has 6 nitrogen and oxygen atoms in total. The van der Waals surface area contributed by atoms with Gasteiger partial charge in [-0.15, -0.1) is 11.3 Å². The third-order valence-electron chi connectivity index (χ3n) is 3.86. The van der Waals surface area contributed by atoms with Gasteiger partial charge in [0.2, 0.25) is 0 Å². The van der Waals surface area contributed by atoms with Crippen LogP contribution in [-0.2, 0) is 0 Å². The van der Waals surface area contributed by atoms with E-state index in [9.17, 15) is 19.1 Å². The monoisotopic (exact) mass is 476 g/mol. The minimum atomic E-state index is -1.22. The molecular formula is C20H14BrFN2O4S. The number of para-hydroxylation sites is 1. The molecule has 2 N–H and O–H groups in total. The van der Waals surface area contributed by atoms with E-state index in [0.29, 0.717) is 11.1 Å². The number of fused-ring (bicyclic) bond motifs is 1. The van der Waals surface area contributed by atoms with Gasteiger partial charge in [-0.1, -0.05) is 40.7 Å². The molecule has 0 spiro atoms. The van der Waals surface area contributed by atoms with E-state index in [0.717, 1.165) is 15.8 Å². The van der Waals surface area contributed by atoms with Crippen molar-refractivity contribution in [1.29, 1.82) is 0 Å². The average molecular weight is 477 g/mol. The van der Waals surface area contributed by atoms with Gasteiger partial charge in [-0.05, 0) is 30.7 Å². The second kappa shape index (κ2) is 8.54. The Morgan fingerprint density at radius 1 is 1.38 bits per heavy atom. The number of anilines is 1. The number of amides is 1. The fraction of sp³-hybridized carbons (Fsp3) is 0.0500. The first-order valence-corrected chi connectivity index (χ1v) is 9.89. The van der Waals surface area contributed by atoms with Crippen LogP contribution < -0.4 is 5.32 Å². The Bertz CT molecular complexity index is 1190. The molecule has 2 aromatic heterocycles. The second-order valence-corrected chi connectivity index (χ2v) is 7.55. The van der Waals surface area contributed by atoms with Gasteiger partial charge in [0.1, 0.15) is 16.1 Å². The van der Waals surface area contributed by atoms with E-state index in [1.165, 1.54) is 18.2 Å². The van der Waals surface area contributed by atoms with E-state index in [1.807, 2.05) is 13.0 Å². The minimum absolute atomic E-state index is 0.0971. The summed E-state index contributed by atoms with van der Waals surface area (Å²) in [6, 6.07) is 4.14. The SMILES string of the molecule is C=C(C=CC(Br)=CC)c1csc(NC(=O)c2nc3cccc(F)c3o2)c1C(=O)O. The molecule has 0 saturated heterocycles. The number of carboxylic acids is 1. The average Bonchev–Trinajstić information content (AvgIpc) is 3.31. The summed E-state index contributed by atoms with van der Waals surface area (Å²) in [7, 11) is 0. The Morgan fingerprint density at radius 3 is 2.79 bits per heavy atom. The fourth-order valence-electron chi connectivity index (χ4n) is 2.43. The van der Waals surface area contributed by atoms with E-state index >= 15 is 0 Å². The van der Waals surface area contributed by atoms with Crippen LogP contribution in [0.2, 0.25) is 0 Å². The highest BCUT2D eigenvalue weighted by Crippen LogP contribution is 2.33. The number of halogens is 2. The predicted octanol–water partition coefficient (Wildman–Crippen LogP) is 5.85. The summed E-state index contributed by atoms with van der Waals surface area (Å²) in [5.74, 6) is -3.02. The topological polar surface area (TPSA) is 92.4 Å². The van der Waals surface area contributed by atoms with E-state index in [4.69, 9.17) is 4.42 Å². The summed E-state index contributed by atoms with van der Waals surface area (Å²) < 4.78 is 19.7. The quantitative estimate of drug-likeness (QED) is 0.435. The van der Waals surface area contributed by atoms with Crippen molar-refractivity contribution in [2.45, 2.75) is 6.92 Å². The largest absolute Gasteiger partial charge is 0.478 e. The molecule has 0 saturated carbocycles. The zero-order valence-electron chi connectivity index (χ0n) is 15.0. The molecular weight excluding hydrogens is 463 g/mol. The number of nitrogens with one attached hydrogen (secondary N) is 1. The van der Waals surface area contributed by atoms with Crippen molar-refractivity contribution in [1.82, 2.24) is 4.98 Å². The molecule has 0 atom stereocenters. The summed E-state index contributed by atoms with van der Waals surface area (Å²) >= 11 is 4.36. The molecule has 0 unspecified atom stereocenters. The number of hydrogen-bond donors (Lipinski definition) is 2. The molecule has 29 heavy (non-hydrogen) atoms. The van der Waals surface area contributed by atoms with Crippen LogP contribution in [0.25, 0.3) is 16.7 Å². The van der Waals surface area contributed by atoms with Gasteiger partial charge in [-0.2, -0.15) is 0 Å². The van der Waals surface area contributed by atoms with Gasteiger partial charge < -0.3 is 14.8 Å². The Labute approximate surface area is 177 Å². The van der Waals surface area contributed by atoms with Crippen molar-refractivity contribution in [3.05, 3.63) is 75.7 Å². The molecule has 148 valence electrons. The molecule has 1 aromatic carbocycles. The van der Waals surface area contributed by atoms with E-state index < -0.39 is 17.7 Å². The van der Waals surface area contributed by atoms with Crippen LogP contribution in [0.1, 0.15) is 33.5 Å². The van der Waals surface area contributed by atoms with Gasteiger partial charge in [0.15, 0.2) is 11.4 Å². The number of carbonyl (C=O) groups excluding carboxylic acids is 1. The number of thiophene rings is 1. The lowest BCUT2D eigenvalue weighted by Gasteiger charge is -2.04. The normalized spacial score (nSPS) is 11.9. The van der Waals surface area contributed by atoms with Gasteiger partial charge in [0, 0.05) is 15.4 Å². The number of benzene rings is 1. The summed E-state index contributed by atoms with van der Waals surface area (Å²) in [5.41, 5.74) is 0.775. The van der Waals surface area contributed by atoms with Crippen LogP contribution in [0.15, 0.2) is 57.3 Å². The molecule has 1 amide bonds. The Hall–Kier alpha value is -3.04. The molecule has 0 aliphatic rings. The third-order valence-corrected chi connectivity index (χ3v) is 5.48. The first-order chi connectivity index (χ1) is 13.8. The standard InChI is InChI=1S/C20H14BrFN2O4S/c1-3-11(21)8-7-10(2)12-9-29-19(15(12)20(26)27)24-17(25)18-23-14-6-4-5-13(22)16(14)28-18/h3-9H,2H2,1H3,(H,24,25)(H,26,27). The molecule has 0 bridgehead atoms. The number of carbonyl (C=O) groups is 2. The number of carboxylic acid groups (broad SMARTS) is 1. The predicted molar refractivity (Wildman–Crippen MR) is 114 cm³/mol. The molecule has 2 heterocycles. The number of aromatic nitrogens is 1. The van der Waals surface area contributed by atoms with Crippen molar-refractivity contribution in [3.8, 4) is 0 Å². The lowest BCUT2D eigenvalue weighted by atomic mass is 10.1. The highest BCUT2D eigenvalue weighted by molar-refractivity contribution is 9.11. The third kappa shape index (κ3) is 4.36. The van der Waals surface area contributed by atoms with Crippen LogP contribution in [0.5, 0.6) is 0 Å². The number of hydrogen-bond acceptors (Lipinski definition) is 5. The molecule has 0 aliphatic carbocycles. The van der Waals surface area contributed by atoms with Gasteiger partial charge in [-0.3, -0.25) is 4.79 Å². The van der Waals surface area contributed by atoms with E-state index in [1.54, 1.807) is 17.5 Å². The van der Waals surface area contributed by atoms with Gasteiger partial charge in [0.05, 0.1) is 0 Å². The van der Waals surface area contributed by atoms with E-state index in [2.05, 4.69) is 32.8 Å². The molecule has 9 heteroatoms. The molecule has 3 aromatic rings. The number of aromatic carboxylic acids is 1. The van der Waals surface area contributed by atoms with Crippen LogP contribution in [-0.4, -0.2) is 22.0 Å². The van der Waals surface area contributed by atoms with Gasteiger partial charge in [-0.25, -0.2) is 14.2 Å². The maximum absolute atomic E-state index is 13.7. The molecule has 0 radical (unpaired) electrons. The van der Waals surface area contributed by atoms with Crippen molar-refractivity contribution in [2.75, 3.05) is 5.32 Å². The second-order valence-electron chi connectivity index (χ2n) is 5.75. The summed E-state index contributed by atoms with van der Waals surface area (Å²) in [5, 5.41) is 13.8. The van der Waals surface area contributed by atoms with Gasteiger partial charge in [0.25, 0.3) is 5.89 Å². The first-order valence-electron chi connectivity index (χ1n) is 8.22. The van der Waals surface area contributed by atoms with Gasteiger partial charge >= 0.3 is 11.9 Å². The number of oxazole rings is 1. The first kappa shape index (κ1) is 20.7. The smallest absolute Gasteiger partial charge is 0.339 e. The summed E-state index contributed by atoms with van der Waals surface area (Å²) in [6.07, 6.45) is 5.22. The van der Waals surface area contributed by atoms with Crippen LogP contribution in [0, 0.1) is 5.82 Å². The zero-order chi connectivity index (χ0) is 21.1. The molecule has 0 aliphatic heterocycles. The fourth-order valence-corrected chi connectivity index (χ4v) is 3.54. The van der Waals surface area contributed by atoms with Crippen LogP contribution >= 0.6 is 27.3 Å². The lowest BCUT2D eigenvalue weighted by Crippen LogP contribution is -2.14. The van der Waals surface area contributed by atoms with Crippen molar-refractivity contribution >= 4 is 60.8 Å². The maximum Gasteiger partial charge on any atom is 0.339 e. The lowest BCUT2D eigenvalue weighted by molar-refractivity contribution is 0.0698. The summed E-state index contributed by atoms with van der Waals surface area (Å²) in [4.78, 5) is 28.2. The van der Waals surface area contributed by atoms with Crippen LogP contribution in [0.3, 0.4) is 0 Å². The number of rotatable bonds is 6. The zero-order valence-corrected chi connectivity index (χ0v) is 17.4. The Balaban J connectivity index is 1.90.